The summed E-state index contributed by atoms with van der Waals surface area (Å²) in [5.74, 6) is 1.43. The Balaban J connectivity index is 2.03. The van der Waals surface area contributed by atoms with Gasteiger partial charge in [0.05, 0.1) is 14.2 Å². The summed E-state index contributed by atoms with van der Waals surface area (Å²) in [5.41, 5.74) is 1.94. The van der Waals surface area contributed by atoms with Gasteiger partial charge < -0.3 is 19.9 Å². The summed E-state index contributed by atoms with van der Waals surface area (Å²) in [6.45, 7) is 0.616. The van der Waals surface area contributed by atoms with Crippen LogP contribution in [-0.4, -0.2) is 19.3 Å². The predicted molar refractivity (Wildman–Crippen MR) is 75.0 cm³/mol. The molecule has 2 aromatic rings. The molecular weight excluding hydrogens is 242 g/mol. The highest BCUT2D eigenvalue weighted by Crippen LogP contribution is 2.26. The molecule has 0 aromatic heterocycles. The van der Waals surface area contributed by atoms with Crippen LogP contribution in [-0.2, 0) is 6.54 Å². The molecule has 0 unspecified atom stereocenters. The van der Waals surface area contributed by atoms with Gasteiger partial charge in [0.25, 0.3) is 0 Å². The van der Waals surface area contributed by atoms with E-state index in [1.54, 1.807) is 19.2 Å². The quantitative estimate of drug-likeness (QED) is 0.866. The molecule has 2 aromatic carbocycles. The predicted octanol–water partition coefficient (Wildman–Crippen LogP) is 3.02. The van der Waals surface area contributed by atoms with Gasteiger partial charge in [-0.2, -0.15) is 0 Å². The van der Waals surface area contributed by atoms with E-state index in [-0.39, 0.29) is 5.75 Å². The van der Waals surface area contributed by atoms with E-state index in [0.717, 1.165) is 17.0 Å². The number of nitrogens with one attached hydrogen (secondary N) is 1. The molecule has 100 valence electrons. The monoisotopic (exact) mass is 259 g/mol. The molecule has 0 heterocycles. The van der Waals surface area contributed by atoms with Crippen molar-refractivity contribution in [1.82, 2.24) is 0 Å². The molecule has 0 saturated heterocycles. The SMILES string of the molecule is COc1cccc(NCc2ccc(OC)c(O)c2)c1. The van der Waals surface area contributed by atoms with E-state index < -0.39 is 0 Å². The van der Waals surface area contributed by atoms with Gasteiger partial charge in [0.2, 0.25) is 0 Å². The largest absolute Gasteiger partial charge is 0.504 e. The lowest BCUT2D eigenvalue weighted by Gasteiger charge is -2.09. The fourth-order valence-electron chi connectivity index (χ4n) is 1.78. The third-order valence-electron chi connectivity index (χ3n) is 2.81. The number of phenolic OH excluding ortho intramolecular Hbond substituents is 1. The first kappa shape index (κ1) is 13.1. The van der Waals surface area contributed by atoms with Crippen molar-refractivity contribution < 1.29 is 14.6 Å². The van der Waals surface area contributed by atoms with Crippen molar-refractivity contribution in [2.45, 2.75) is 6.54 Å². The zero-order valence-electron chi connectivity index (χ0n) is 11.0. The van der Waals surface area contributed by atoms with Crippen LogP contribution in [0.15, 0.2) is 42.5 Å². The highest BCUT2D eigenvalue weighted by molar-refractivity contribution is 5.49. The molecule has 0 spiro atoms. The molecule has 0 fully saturated rings. The van der Waals surface area contributed by atoms with Gasteiger partial charge in [-0.25, -0.2) is 0 Å². The third kappa shape index (κ3) is 3.31. The van der Waals surface area contributed by atoms with E-state index >= 15 is 0 Å². The van der Waals surface area contributed by atoms with Crippen LogP contribution in [0.1, 0.15) is 5.56 Å². The lowest BCUT2D eigenvalue weighted by Crippen LogP contribution is -1.99. The van der Waals surface area contributed by atoms with Crippen molar-refractivity contribution in [3.63, 3.8) is 0 Å². The highest BCUT2D eigenvalue weighted by Gasteiger charge is 2.02. The molecule has 0 amide bonds. The fourth-order valence-corrected chi connectivity index (χ4v) is 1.78. The van der Waals surface area contributed by atoms with Crippen LogP contribution < -0.4 is 14.8 Å². The van der Waals surface area contributed by atoms with Crippen molar-refractivity contribution >= 4 is 5.69 Å². The Bertz CT molecular complexity index is 555. The van der Waals surface area contributed by atoms with Crippen LogP contribution >= 0.6 is 0 Å². The second kappa shape index (κ2) is 6.00. The molecule has 0 aliphatic rings. The first-order valence-corrected chi connectivity index (χ1v) is 5.96. The standard InChI is InChI=1S/C15H17NO3/c1-18-13-5-3-4-12(9-13)16-10-11-6-7-15(19-2)14(17)8-11/h3-9,16-17H,10H2,1-2H3. The lowest BCUT2D eigenvalue weighted by atomic mass is 10.2. The summed E-state index contributed by atoms with van der Waals surface area (Å²) in [5, 5.41) is 13.0. The number of phenols is 1. The van der Waals surface area contributed by atoms with Crippen LogP contribution in [0.4, 0.5) is 5.69 Å². The number of benzene rings is 2. The second-order valence-electron chi connectivity index (χ2n) is 4.09. The molecule has 0 aliphatic heterocycles. The van der Waals surface area contributed by atoms with Crippen molar-refractivity contribution in [2.24, 2.45) is 0 Å². The zero-order chi connectivity index (χ0) is 13.7. The molecule has 0 atom stereocenters. The maximum Gasteiger partial charge on any atom is 0.160 e. The molecule has 0 saturated carbocycles. The first-order valence-electron chi connectivity index (χ1n) is 5.96. The molecular formula is C15H17NO3. The van der Waals surface area contributed by atoms with Crippen LogP contribution in [0, 0.1) is 0 Å². The van der Waals surface area contributed by atoms with Gasteiger partial charge in [-0.05, 0) is 29.8 Å². The van der Waals surface area contributed by atoms with Crippen molar-refractivity contribution in [2.75, 3.05) is 19.5 Å². The molecule has 4 heteroatoms. The number of hydrogen-bond acceptors (Lipinski definition) is 4. The topological polar surface area (TPSA) is 50.7 Å². The number of ether oxygens (including phenoxy) is 2. The van der Waals surface area contributed by atoms with Gasteiger partial charge >= 0.3 is 0 Å². The maximum absolute atomic E-state index is 9.70. The Morgan fingerprint density at radius 3 is 2.58 bits per heavy atom. The van der Waals surface area contributed by atoms with E-state index in [0.29, 0.717) is 12.3 Å². The van der Waals surface area contributed by atoms with Gasteiger partial charge in [0, 0.05) is 18.3 Å². The minimum atomic E-state index is 0.146. The van der Waals surface area contributed by atoms with Crippen LogP contribution in [0.25, 0.3) is 0 Å². The molecule has 0 radical (unpaired) electrons. The van der Waals surface area contributed by atoms with Crippen molar-refractivity contribution in [1.29, 1.82) is 0 Å². The first-order chi connectivity index (χ1) is 9.22. The minimum absolute atomic E-state index is 0.146. The number of hydrogen-bond donors (Lipinski definition) is 2. The number of methoxy groups -OCH3 is 2. The third-order valence-corrected chi connectivity index (χ3v) is 2.81. The minimum Gasteiger partial charge on any atom is -0.504 e. The van der Waals surface area contributed by atoms with Gasteiger partial charge in [0.1, 0.15) is 5.75 Å². The van der Waals surface area contributed by atoms with E-state index in [9.17, 15) is 5.11 Å². The Morgan fingerprint density at radius 2 is 1.89 bits per heavy atom. The van der Waals surface area contributed by atoms with Gasteiger partial charge in [0.15, 0.2) is 11.5 Å². The summed E-state index contributed by atoms with van der Waals surface area (Å²) >= 11 is 0. The Kier molecular flexibility index (Phi) is 4.13. The average molecular weight is 259 g/mol. The fraction of sp³-hybridized carbons (Fsp3) is 0.200. The van der Waals surface area contributed by atoms with Gasteiger partial charge in [-0.3, -0.25) is 0 Å². The van der Waals surface area contributed by atoms with E-state index in [4.69, 9.17) is 9.47 Å². The van der Waals surface area contributed by atoms with Crippen molar-refractivity contribution in [3.8, 4) is 17.2 Å². The molecule has 0 bridgehead atoms. The zero-order valence-corrected chi connectivity index (χ0v) is 11.0. The summed E-state index contributed by atoms with van der Waals surface area (Å²) < 4.78 is 10.2. The summed E-state index contributed by atoms with van der Waals surface area (Å²) in [6.07, 6.45) is 0. The molecule has 4 nitrogen and oxygen atoms in total. The normalized spacial score (nSPS) is 10.0. The van der Waals surface area contributed by atoms with Crippen molar-refractivity contribution in [3.05, 3.63) is 48.0 Å². The number of rotatable bonds is 5. The van der Waals surface area contributed by atoms with Crippen LogP contribution in [0.5, 0.6) is 17.2 Å². The second-order valence-corrected chi connectivity index (χ2v) is 4.09. The Labute approximate surface area is 112 Å². The lowest BCUT2D eigenvalue weighted by molar-refractivity contribution is 0.373. The van der Waals surface area contributed by atoms with Gasteiger partial charge in [-0.1, -0.05) is 12.1 Å². The molecule has 19 heavy (non-hydrogen) atoms. The number of aromatic hydroxyl groups is 1. The molecule has 2 N–H and O–H groups in total. The average Bonchev–Trinajstić information content (AvgIpc) is 2.45. The maximum atomic E-state index is 9.70. The highest BCUT2D eigenvalue weighted by atomic mass is 16.5. The Hall–Kier alpha value is -2.36. The van der Waals surface area contributed by atoms with Crippen LogP contribution in [0.3, 0.4) is 0 Å². The van der Waals surface area contributed by atoms with E-state index in [1.807, 2.05) is 30.3 Å². The molecule has 0 aliphatic carbocycles. The van der Waals surface area contributed by atoms with Gasteiger partial charge in [-0.15, -0.1) is 0 Å². The van der Waals surface area contributed by atoms with E-state index in [1.165, 1.54) is 7.11 Å². The van der Waals surface area contributed by atoms with Crippen LogP contribution in [0.2, 0.25) is 0 Å². The summed E-state index contributed by atoms with van der Waals surface area (Å²) in [4.78, 5) is 0. The smallest absolute Gasteiger partial charge is 0.160 e. The summed E-state index contributed by atoms with van der Waals surface area (Å²) in [6, 6.07) is 13.0. The summed E-state index contributed by atoms with van der Waals surface area (Å²) in [7, 11) is 3.17. The van der Waals surface area contributed by atoms with E-state index in [2.05, 4.69) is 5.32 Å². The molecule has 2 rings (SSSR count). The number of anilines is 1. The Morgan fingerprint density at radius 1 is 1.05 bits per heavy atom.